The van der Waals surface area contributed by atoms with Crippen LogP contribution in [0.1, 0.15) is 63.0 Å². The number of nitrogens with zero attached hydrogens (tertiary/aromatic N) is 1. The number of carbonyl (C=O) groups is 3. The highest BCUT2D eigenvalue weighted by Gasteiger charge is 2.35. The fourth-order valence-corrected chi connectivity index (χ4v) is 4.67. The summed E-state index contributed by atoms with van der Waals surface area (Å²) in [5.74, 6) is -0.608. The Balaban J connectivity index is 2.10. The predicted molar refractivity (Wildman–Crippen MR) is 135 cm³/mol. The molecular weight excluding hydrogens is 426 g/mol. The zero-order valence-electron chi connectivity index (χ0n) is 19.9. The van der Waals surface area contributed by atoms with Gasteiger partial charge in [0.1, 0.15) is 0 Å². The minimum absolute atomic E-state index is 0.154. The first kappa shape index (κ1) is 23.5. The van der Waals surface area contributed by atoms with Crippen LogP contribution in [0.3, 0.4) is 0 Å². The molecule has 6 nitrogen and oxygen atoms in total. The molecule has 2 N–H and O–H groups in total. The van der Waals surface area contributed by atoms with Crippen LogP contribution in [0.2, 0.25) is 0 Å². The molecular formula is C28H29N3O3. The van der Waals surface area contributed by atoms with E-state index in [4.69, 9.17) is 0 Å². The van der Waals surface area contributed by atoms with Crippen molar-refractivity contribution in [1.29, 1.82) is 0 Å². The molecule has 0 radical (unpaired) electrons. The molecule has 6 heteroatoms. The van der Waals surface area contributed by atoms with Gasteiger partial charge in [0, 0.05) is 17.8 Å². The van der Waals surface area contributed by atoms with Gasteiger partial charge >= 0.3 is 0 Å². The van der Waals surface area contributed by atoms with Crippen LogP contribution in [-0.2, 0) is 6.42 Å². The van der Waals surface area contributed by atoms with Crippen LogP contribution in [0.5, 0.6) is 0 Å². The number of allylic oxidation sites excluding steroid dienone is 3. The molecule has 0 amide bonds. The molecule has 0 bridgehead atoms. The van der Waals surface area contributed by atoms with Crippen LogP contribution in [0, 0.1) is 0 Å². The predicted octanol–water partition coefficient (Wildman–Crippen LogP) is 4.41. The van der Waals surface area contributed by atoms with Crippen molar-refractivity contribution in [3.05, 3.63) is 88.5 Å². The van der Waals surface area contributed by atoms with E-state index in [0.29, 0.717) is 65.5 Å². The zero-order chi connectivity index (χ0) is 24.7. The van der Waals surface area contributed by atoms with Crippen LogP contribution in [0.25, 0.3) is 11.1 Å². The molecule has 174 valence electrons. The van der Waals surface area contributed by atoms with Crippen molar-refractivity contribution in [2.75, 3.05) is 24.9 Å². The fourth-order valence-electron chi connectivity index (χ4n) is 4.67. The van der Waals surface area contributed by atoms with Gasteiger partial charge in [-0.3, -0.25) is 25.0 Å². The standard InChI is InChI=1S/C28H29N3O3/c1-15(2)26(32)19-9-7-8-18-10-20-21(23(18)19)11-22(27(33)16(3)4)25(24(20)28(34)17(5)6)31-13-29-12-30-14-31/h7-9,11,29-30H,1,3,5,10,12-14H2,2,4,6H3. The largest absolute Gasteiger partial charge is 0.345 e. The van der Waals surface area contributed by atoms with Gasteiger partial charge in [-0.1, -0.05) is 37.9 Å². The number of fused-ring (bicyclic) bond motifs is 3. The highest BCUT2D eigenvalue weighted by Crippen LogP contribution is 2.46. The topological polar surface area (TPSA) is 78.5 Å². The van der Waals surface area contributed by atoms with Crippen LogP contribution >= 0.6 is 0 Å². The molecule has 1 saturated heterocycles. The lowest BCUT2D eigenvalue weighted by Crippen LogP contribution is -2.51. The molecule has 0 spiro atoms. The maximum Gasteiger partial charge on any atom is 0.190 e. The molecule has 0 saturated carbocycles. The Morgan fingerprint density at radius 2 is 1.44 bits per heavy atom. The molecule has 1 aliphatic carbocycles. The van der Waals surface area contributed by atoms with Crippen molar-refractivity contribution in [2.24, 2.45) is 0 Å². The molecule has 34 heavy (non-hydrogen) atoms. The summed E-state index contributed by atoms with van der Waals surface area (Å²) in [4.78, 5) is 42.0. The summed E-state index contributed by atoms with van der Waals surface area (Å²) < 4.78 is 0. The number of ketones is 3. The average Bonchev–Trinajstić information content (AvgIpc) is 3.20. The maximum atomic E-state index is 13.6. The lowest BCUT2D eigenvalue weighted by molar-refractivity contribution is 0.102. The third kappa shape index (κ3) is 3.85. The SMILES string of the molecule is C=C(C)C(=O)c1cccc2c1-c1cc(C(=O)C(=C)C)c(N3CNCNC3)c(C(=O)C(=C)C)c1C2. The number of benzene rings is 2. The summed E-state index contributed by atoms with van der Waals surface area (Å²) in [6.45, 7) is 18.2. The third-order valence-electron chi connectivity index (χ3n) is 6.25. The minimum Gasteiger partial charge on any atom is -0.345 e. The number of rotatable bonds is 7. The molecule has 1 heterocycles. The molecule has 2 aromatic carbocycles. The molecule has 2 aliphatic rings. The number of nitrogens with one attached hydrogen (secondary N) is 2. The lowest BCUT2D eigenvalue weighted by Gasteiger charge is -2.34. The number of anilines is 1. The molecule has 0 aromatic heterocycles. The van der Waals surface area contributed by atoms with E-state index in [1.807, 2.05) is 23.1 Å². The van der Waals surface area contributed by atoms with Gasteiger partial charge in [-0.05, 0) is 72.2 Å². The van der Waals surface area contributed by atoms with E-state index in [2.05, 4.69) is 30.4 Å². The molecule has 2 aromatic rings. The van der Waals surface area contributed by atoms with Crippen LogP contribution < -0.4 is 15.5 Å². The molecule has 0 unspecified atom stereocenters. The normalized spacial score (nSPS) is 14.3. The van der Waals surface area contributed by atoms with Gasteiger partial charge in [0.05, 0.1) is 24.6 Å². The molecule has 0 atom stereocenters. The molecule has 1 fully saturated rings. The van der Waals surface area contributed by atoms with Crippen LogP contribution in [0.4, 0.5) is 5.69 Å². The number of Topliss-reactive ketones (excluding diaryl/α,β-unsaturated/α-hetero) is 3. The first-order valence-corrected chi connectivity index (χ1v) is 11.2. The Labute approximate surface area is 200 Å². The summed E-state index contributed by atoms with van der Waals surface area (Å²) in [6, 6.07) is 7.41. The van der Waals surface area contributed by atoms with Gasteiger partial charge in [-0.2, -0.15) is 0 Å². The highest BCUT2D eigenvalue weighted by atomic mass is 16.1. The Bertz CT molecular complexity index is 1300. The minimum atomic E-state index is -0.240. The van der Waals surface area contributed by atoms with Crippen molar-refractivity contribution in [2.45, 2.75) is 27.2 Å². The monoisotopic (exact) mass is 455 g/mol. The first-order chi connectivity index (χ1) is 16.1. The van der Waals surface area contributed by atoms with Crippen molar-refractivity contribution in [1.82, 2.24) is 10.6 Å². The first-order valence-electron chi connectivity index (χ1n) is 11.2. The van der Waals surface area contributed by atoms with E-state index >= 15 is 0 Å². The Morgan fingerprint density at radius 1 is 0.853 bits per heavy atom. The smallest absolute Gasteiger partial charge is 0.190 e. The second kappa shape index (κ2) is 8.97. The van der Waals surface area contributed by atoms with E-state index in [-0.39, 0.29) is 17.3 Å². The van der Waals surface area contributed by atoms with E-state index in [0.717, 1.165) is 22.3 Å². The van der Waals surface area contributed by atoms with E-state index < -0.39 is 0 Å². The van der Waals surface area contributed by atoms with Crippen molar-refractivity contribution < 1.29 is 14.4 Å². The number of hydrogen-bond donors (Lipinski definition) is 2. The second-order valence-corrected chi connectivity index (χ2v) is 9.05. The Morgan fingerprint density at radius 3 is 2.03 bits per heavy atom. The lowest BCUT2D eigenvalue weighted by atomic mass is 9.87. The van der Waals surface area contributed by atoms with Crippen molar-refractivity contribution >= 4 is 23.0 Å². The van der Waals surface area contributed by atoms with Gasteiger partial charge in [0.2, 0.25) is 0 Å². The molecule has 4 rings (SSSR count). The van der Waals surface area contributed by atoms with E-state index in [9.17, 15) is 14.4 Å². The Hall–Kier alpha value is -3.61. The molecule has 1 aliphatic heterocycles. The van der Waals surface area contributed by atoms with Gasteiger partial charge in [0.25, 0.3) is 0 Å². The van der Waals surface area contributed by atoms with Crippen molar-refractivity contribution in [3.63, 3.8) is 0 Å². The quantitative estimate of drug-likeness (QED) is 0.406. The summed E-state index contributed by atoms with van der Waals surface area (Å²) in [7, 11) is 0. The summed E-state index contributed by atoms with van der Waals surface area (Å²) >= 11 is 0. The van der Waals surface area contributed by atoms with Gasteiger partial charge in [-0.25, -0.2) is 0 Å². The number of hydrogen-bond acceptors (Lipinski definition) is 6. The number of carbonyl (C=O) groups excluding carboxylic acids is 3. The maximum absolute atomic E-state index is 13.6. The van der Waals surface area contributed by atoms with Gasteiger partial charge in [0.15, 0.2) is 17.3 Å². The van der Waals surface area contributed by atoms with E-state index in [1.165, 1.54) is 0 Å². The highest BCUT2D eigenvalue weighted by molar-refractivity contribution is 6.21. The third-order valence-corrected chi connectivity index (χ3v) is 6.25. The van der Waals surface area contributed by atoms with Crippen molar-refractivity contribution in [3.8, 4) is 11.1 Å². The second-order valence-electron chi connectivity index (χ2n) is 9.05. The Kier molecular flexibility index (Phi) is 6.21. The van der Waals surface area contributed by atoms with Crippen LogP contribution in [-0.4, -0.2) is 37.4 Å². The van der Waals surface area contributed by atoms with Gasteiger partial charge < -0.3 is 4.90 Å². The van der Waals surface area contributed by atoms with Gasteiger partial charge in [-0.15, -0.1) is 0 Å². The summed E-state index contributed by atoms with van der Waals surface area (Å²) in [6.07, 6.45) is 0.486. The van der Waals surface area contributed by atoms with E-state index in [1.54, 1.807) is 26.8 Å². The van der Waals surface area contributed by atoms with Crippen LogP contribution in [0.15, 0.2) is 60.7 Å². The average molecular weight is 456 g/mol. The zero-order valence-corrected chi connectivity index (χ0v) is 19.9. The fraction of sp³-hybridized carbons (Fsp3) is 0.250. The summed E-state index contributed by atoms with van der Waals surface area (Å²) in [5.41, 5.74) is 6.39. The summed E-state index contributed by atoms with van der Waals surface area (Å²) in [5, 5.41) is 6.48.